The van der Waals surface area contributed by atoms with Crippen molar-refractivity contribution in [1.82, 2.24) is 4.90 Å². The van der Waals surface area contributed by atoms with Gasteiger partial charge >= 0.3 is 5.97 Å². The standard InChI is InChI=1S/C22H46N2O2/c1-3-5-7-9-11-15-19-24(20-16-12-10-8-6-4-2)21(22(25)26)17-13-14-18-23/h21H,3-20,23H2,1-2H3,(H,25,26). The van der Waals surface area contributed by atoms with Crippen LogP contribution in [0.5, 0.6) is 0 Å². The second-order valence-corrected chi connectivity index (χ2v) is 7.71. The predicted octanol–water partition coefficient (Wildman–Crippen LogP) is 5.59. The van der Waals surface area contributed by atoms with E-state index < -0.39 is 5.97 Å². The van der Waals surface area contributed by atoms with Crippen LogP contribution in [0.1, 0.15) is 110 Å². The SMILES string of the molecule is CCCCCCCCN(CCCCCCCC)C(CCCCN)C(=O)O. The molecule has 0 rings (SSSR count). The smallest absolute Gasteiger partial charge is 0.320 e. The Morgan fingerprint density at radius 2 is 1.23 bits per heavy atom. The summed E-state index contributed by atoms with van der Waals surface area (Å²) in [5.74, 6) is -0.654. The second kappa shape index (κ2) is 19.2. The van der Waals surface area contributed by atoms with E-state index in [0.717, 1.165) is 45.2 Å². The molecule has 0 heterocycles. The molecule has 4 heteroatoms. The number of carboxylic acids is 1. The van der Waals surface area contributed by atoms with E-state index in [9.17, 15) is 9.90 Å². The van der Waals surface area contributed by atoms with Crippen LogP contribution in [0.15, 0.2) is 0 Å². The van der Waals surface area contributed by atoms with Crippen molar-refractivity contribution in [2.45, 2.75) is 116 Å². The van der Waals surface area contributed by atoms with Gasteiger partial charge < -0.3 is 10.8 Å². The van der Waals surface area contributed by atoms with Gasteiger partial charge in [-0.1, -0.05) is 84.5 Å². The molecule has 0 radical (unpaired) electrons. The summed E-state index contributed by atoms with van der Waals surface area (Å²) in [4.78, 5) is 14.1. The fraction of sp³-hybridized carbons (Fsp3) is 0.955. The minimum atomic E-state index is -0.654. The topological polar surface area (TPSA) is 66.6 Å². The van der Waals surface area contributed by atoms with Crippen LogP contribution in [0.25, 0.3) is 0 Å². The van der Waals surface area contributed by atoms with Gasteiger partial charge in [-0.05, 0) is 45.3 Å². The lowest BCUT2D eigenvalue weighted by Gasteiger charge is -2.29. The van der Waals surface area contributed by atoms with Crippen molar-refractivity contribution in [1.29, 1.82) is 0 Å². The predicted molar refractivity (Wildman–Crippen MR) is 113 cm³/mol. The minimum absolute atomic E-state index is 0.326. The second-order valence-electron chi connectivity index (χ2n) is 7.71. The van der Waals surface area contributed by atoms with E-state index >= 15 is 0 Å². The maximum Gasteiger partial charge on any atom is 0.320 e. The first-order chi connectivity index (χ1) is 12.7. The van der Waals surface area contributed by atoms with Crippen LogP contribution in [0.2, 0.25) is 0 Å². The summed E-state index contributed by atoms with van der Waals surface area (Å²) < 4.78 is 0. The first-order valence-corrected chi connectivity index (χ1v) is 11.3. The van der Waals surface area contributed by atoms with Gasteiger partial charge in [-0.15, -0.1) is 0 Å². The maximum absolute atomic E-state index is 11.8. The van der Waals surface area contributed by atoms with E-state index in [0.29, 0.717) is 6.54 Å². The molecule has 1 unspecified atom stereocenters. The number of carboxylic acid groups (broad SMARTS) is 1. The molecule has 0 aromatic carbocycles. The Kier molecular flexibility index (Phi) is 18.7. The largest absolute Gasteiger partial charge is 0.480 e. The zero-order valence-corrected chi connectivity index (χ0v) is 17.7. The number of aliphatic carboxylic acids is 1. The Labute approximate surface area is 162 Å². The molecular formula is C22H46N2O2. The molecule has 0 aromatic rings. The Bertz CT molecular complexity index is 295. The van der Waals surface area contributed by atoms with Crippen LogP contribution in [0.3, 0.4) is 0 Å². The van der Waals surface area contributed by atoms with Gasteiger partial charge in [0.2, 0.25) is 0 Å². The number of unbranched alkanes of at least 4 members (excludes halogenated alkanes) is 11. The van der Waals surface area contributed by atoms with E-state index in [2.05, 4.69) is 18.7 Å². The van der Waals surface area contributed by atoms with Gasteiger partial charge in [0.15, 0.2) is 0 Å². The van der Waals surface area contributed by atoms with E-state index in [1.54, 1.807) is 0 Å². The van der Waals surface area contributed by atoms with Gasteiger partial charge in [-0.2, -0.15) is 0 Å². The van der Waals surface area contributed by atoms with Crippen molar-refractivity contribution in [2.75, 3.05) is 19.6 Å². The van der Waals surface area contributed by atoms with Crippen molar-refractivity contribution in [3.63, 3.8) is 0 Å². The summed E-state index contributed by atoms with van der Waals surface area (Å²) in [5.41, 5.74) is 5.58. The molecule has 26 heavy (non-hydrogen) atoms. The fourth-order valence-corrected chi connectivity index (χ4v) is 3.56. The number of nitrogens with zero attached hydrogens (tertiary/aromatic N) is 1. The summed E-state index contributed by atoms with van der Waals surface area (Å²) in [6.07, 6.45) is 17.6. The summed E-state index contributed by atoms with van der Waals surface area (Å²) in [7, 11) is 0. The third-order valence-electron chi connectivity index (χ3n) is 5.26. The van der Waals surface area contributed by atoms with Gasteiger partial charge in [-0.3, -0.25) is 9.69 Å². The molecule has 0 fully saturated rings. The molecule has 0 aliphatic carbocycles. The number of rotatable bonds is 20. The molecule has 0 aromatic heterocycles. The summed E-state index contributed by atoms with van der Waals surface area (Å²) in [6, 6.07) is -0.326. The van der Waals surface area contributed by atoms with E-state index in [4.69, 9.17) is 5.73 Å². The van der Waals surface area contributed by atoms with Crippen LogP contribution >= 0.6 is 0 Å². The lowest BCUT2D eigenvalue weighted by Crippen LogP contribution is -2.42. The zero-order valence-electron chi connectivity index (χ0n) is 17.7. The molecule has 156 valence electrons. The Hall–Kier alpha value is -0.610. The third-order valence-corrected chi connectivity index (χ3v) is 5.26. The first kappa shape index (κ1) is 25.4. The van der Waals surface area contributed by atoms with Crippen molar-refractivity contribution in [3.8, 4) is 0 Å². The molecule has 3 N–H and O–H groups in total. The summed E-state index contributed by atoms with van der Waals surface area (Å²) in [5, 5.41) is 9.72. The maximum atomic E-state index is 11.8. The number of nitrogens with two attached hydrogens (primary N) is 1. The van der Waals surface area contributed by atoms with Crippen LogP contribution in [0.4, 0.5) is 0 Å². The highest BCUT2D eigenvalue weighted by Crippen LogP contribution is 2.15. The first-order valence-electron chi connectivity index (χ1n) is 11.3. The molecule has 0 bridgehead atoms. The molecule has 1 atom stereocenters. The molecule has 0 aliphatic rings. The van der Waals surface area contributed by atoms with Crippen molar-refractivity contribution in [2.24, 2.45) is 5.73 Å². The average Bonchev–Trinajstić information content (AvgIpc) is 2.63. The summed E-state index contributed by atoms with van der Waals surface area (Å²) >= 11 is 0. The minimum Gasteiger partial charge on any atom is -0.480 e. The normalized spacial score (nSPS) is 12.6. The monoisotopic (exact) mass is 370 g/mol. The highest BCUT2D eigenvalue weighted by molar-refractivity contribution is 5.73. The lowest BCUT2D eigenvalue weighted by atomic mass is 10.0. The molecule has 4 nitrogen and oxygen atoms in total. The van der Waals surface area contributed by atoms with Gasteiger partial charge in [0.05, 0.1) is 0 Å². The van der Waals surface area contributed by atoms with Crippen molar-refractivity contribution in [3.05, 3.63) is 0 Å². The molecule has 0 spiro atoms. The fourth-order valence-electron chi connectivity index (χ4n) is 3.56. The van der Waals surface area contributed by atoms with Gasteiger partial charge in [0.1, 0.15) is 6.04 Å². The summed E-state index contributed by atoms with van der Waals surface area (Å²) in [6.45, 7) is 6.99. The Morgan fingerprint density at radius 1 is 0.769 bits per heavy atom. The quantitative estimate of drug-likeness (QED) is 0.274. The average molecular weight is 371 g/mol. The highest BCUT2D eigenvalue weighted by Gasteiger charge is 2.24. The van der Waals surface area contributed by atoms with E-state index in [-0.39, 0.29) is 6.04 Å². The van der Waals surface area contributed by atoms with Crippen molar-refractivity contribution < 1.29 is 9.90 Å². The number of carbonyl (C=O) groups is 1. The van der Waals surface area contributed by atoms with Crippen LogP contribution in [-0.4, -0.2) is 41.7 Å². The van der Waals surface area contributed by atoms with Crippen molar-refractivity contribution >= 4 is 5.97 Å². The van der Waals surface area contributed by atoms with Gasteiger partial charge in [0, 0.05) is 0 Å². The Morgan fingerprint density at radius 3 is 1.65 bits per heavy atom. The van der Waals surface area contributed by atoms with E-state index in [1.165, 1.54) is 64.2 Å². The van der Waals surface area contributed by atoms with Crippen LogP contribution < -0.4 is 5.73 Å². The molecule has 0 saturated carbocycles. The number of hydrogen-bond acceptors (Lipinski definition) is 3. The third kappa shape index (κ3) is 14.5. The highest BCUT2D eigenvalue weighted by atomic mass is 16.4. The van der Waals surface area contributed by atoms with Gasteiger partial charge in [-0.25, -0.2) is 0 Å². The van der Waals surface area contributed by atoms with Crippen LogP contribution in [-0.2, 0) is 4.79 Å². The van der Waals surface area contributed by atoms with E-state index in [1.807, 2.05) is 0 Å². The lowest BCUT2D eigenvalue weighted by molar-refractivity contribution is -0.143. The van der Waals surface area contributed by atoms with Crippen LogP contribution in [0, 0.1) is 0 Å². The molecule has 0 saturated heterocycles. The molecule has 0 aliphatic heterocycles. The zero-order chi connectivity index (χ0) is 19.5. The van der Waals surface area contributed by atoms with Gasteiger partial charge in [0.25, 0.3) is 0 Å². The Balaban J connectivity index is 4.35. The molecule has 0 amide bonds. The number of hydrogen-bond donors (Lipinski definition) is 2. The molecular weight excluding hydrogens is 324 g/mol.